The normalized spacial score (nSPS) is 13.9. The van der Waals surface area contributed by atoms with E-state index < -0.39 is 0 Å². The summed E-state index contributed by atoms with van der Waals surface area (Å²) >= 11 is 0. The van der Waals surface area contributed by atoms with Crippen LogP contribution in [-0.2, 0) is 0 Å². The molecule has 1 nitrogen and oxygen atoms in total. The fourth-order valence-electron chi connectivity index (χ4n) is 1.31. The Hall–Kier alpha value is -0.0400. The second kappa shape index (κ2) is 6.66. The van der Waals surface area contributed by atoms with E-state index >= 15 is 0 Å². The standard InChI is InChI=1S/C10H23N/c1-5-7-8-10(3)9-11(4)6-2/h10H,5-9H2,1-4H3/t10-/m1/s1. The minimum Gasteiger partial charge on any atom is -0.306 e. The van der Waals surface area contributed by atoms with Gasteiger partial charge in [0.2, 0.25) is 0 Å². The molecule has 0 unspecified atom stereocenters. The van der Waals surface area contributed by atoms with E-state index in [0.717, 1.165) is 5.92 Å². The van der Waals surface area contributed by atoms with E-state index in [2.05, 4.69) is 32.7 Å². The van der Waals surface area contributed by atoms with Gasteiger partial charge in [0.1, 0.15) is 0 Å². The highest BCUT2D eigenvalue weighted by Gasteiger charge is 2.03. The van der Waals surface area contributed by atoms with Crippen LogP contribution in [0.5, 0.6) is 0 Å². The van der Waals surface area contributed by atoms with Gasteiger partial charge in [-0.2, -0.15) is 0 Å². The molecule has 0 saturated carbocycles. The predicted octanol–water partition coefficient (Wildman–Crippen LogP) is 2.76. The highest BCUT2D eigenvalue weighted by atomic mass is 15.1. The average Bonchev–Trinajstić information content (AvgIpc) is 2.00. The van der Waals surface area contributed by atoms with Crippen LogP contribution in [0.15, 0.2) is 0 Å². The summed E-state index contributed by atoms with van der Waals surface area (Å²) in [5.74, 6) is 0.875. The summed E-state index contributed by atoms with van der Waals surface area (Å²) in [7, 11) is 2.20. The van der Waals surface area contributed by atoms with Crippen molar-refractivity contribution in [2.45, 2.75) is 40.0 Å². The van der Waals surface area contributed by atoms with Gasteiger partial charge >= 0.3 is 0 Å². The van der Waals surface area contributed by atoms with Gasteiger partial charge in [0.15, 0.2) is 0 Å². The molecule has 0 aromatic rings. The molecule has 0 aromatic carbocycles. The quantitative estimate of drug-likeness (QED) is 0.573. The first-order valence-corrected chi connectivity index (χ1v) is 4.89. The Morgan fingerprint density at radius 1 is 1.27 bits per heavy atom. The molecule has 0 aliphatic heterocycles. The van der Waals surface area contributed by atoms with Gasteiger partial charge in [-0.05, 0) is 25.9 Å². The Labute approximate surface area is 71.8 Å². The lowest BCUT2D eigenvalue weighted by atomic mass is 10.0. The Bertz CT molecular complexity index is 80.9. The predicted molar refractivity (Wildman–Crippen MR) is 51.9 cm³/mol. The van der Waals surface area contributed by atoms with E-state index in [1.807, 2.05) is 0 Å². The molecule has 11 heavy (non-hydrogen) atoms. The van der Waals surface area contributed by atoms with Crippen molar-refractivity contribution in [3.05, 3.63) is 0 Å². The third kappa shape index (κ3) is 6.36. The maximum absolute atomic E-state index is 2.39. The molecule has 0 amide bonds. The first-order valence-electron chi connectivity index (χ1n) is 4.89. The van der Waals surface area contributed by atoms with Gasteiger partial charge in [0.05, 0.1) is 0 Å². The van der Waals surface area contributed by atoms with Crippen LogP contribution in [0.25, 0.3) is 0 Å². The van der Waals surface area contributed by atoms with Gasteiger partial charge in [-0.3, -0.25) is 0 Å². The zero-order valence-electron chi connectivity index (χ0n) is 8.56. The molecule has 0 aliphatic carbocycles. The van der Waals surface area contributed by atoms with E-state index in [4.69, 9.17) is 0 Å². The number of nitrogens with zero attached hydrogens (tertiary/aromatic N) is 1. The number of rotatable bonds is 6. The molecule has 0 N–H and O–H groups in total. The lowest BCUT2D eigenvalue weighted by Crippen LogP contribution is -2.23. The first-order chi connectivity index (χ1) is 5.20. The van der Waals surface area contributed by atoms with Gasteiger partial charge in [0, 0.05) is 6.54 Å². The average molecular weight is 157 g/mol. The second-order valence-corrected chi connectivity index (χ2v) is 3.60. The van der Waals surface area contributed by atoms with E-state index in [0.29, 0.717) is 0 Å². The molecule has 0 heterocycles. The smallest absolute Gasteiger partial charge is 0.000385 e. The molecule has 0 aromatic heterocycles. The monoisotopic (exact) mass is 157 g/mol. The number of unbranched alkanes of at least 4 members (excludes halogenated alkanes) is 1. The molecular formula is C10H23N. The molecule has 68 valence electrons. The SMILES string of the molecule is CCCC[C@@H](C)CN(C)CC. The van der Waals surface area contributed by atoms with Gasteiger partial charge < -0.3 is 4.90 Å². The van der Waals surface area contributed by atoms with Crippen molar-refractivity contribution in [2.24, 2.45) is 5.92 Å². The molecule has 0 spiro atoms. The molecule has 1 heteroatoms. The summed E-state index contributed by atoms with van der Waals surface area (Å²) in [6.07, 6.45) is 4.11. The summed E-state index contributed by atoms with van der Waals surface area (Å²) < 4.78 is 0. The highest BCUT2D eigenvalue weighted by molar-refractivity contribution is 4.57. The van der Waals surface area contributed by atoms with E-state index in [1.165, 1.54) is 32.4 Å². The summed E-state index contributed by atoms with van der Waals surface area (Å²) in [6, 6.07) is 0. The minimum atomic E-state index is 0.875. The van der Waals surface area contributed by atoms with E-state index in [-0.39, 0.29) is 0 Å². The third-order valence-corrected chi connectivity index (χ3v) is 2.21. The Morgan fingerprint density at radius 2 is 1.91 bits per heavy atom. The van der Waals surface area contributed by atoms with Gasteiger partial charge in [-0.15, -0.1) is 0 Å². The molecule has 1 atom stereocenters. The zero-order chi connectivity index (χ0) is 8.69. The van der Waals surface area contributed by atoms with Crippen molar-refractivity contribution in [1.29, 1.82) is 0 Å². The van der Waals surface area contributed by atoms with Gasteiger partial charge in [-0.25, -0.2) is 0 Å². The van der Waals surface area contributed by atoms with Crippen LogP contribution in [0.3, 0.4) is 0 Å². The molecule has 0 saturated heterocycles. The number of hydrogen-bond donors (Lipinski definition) is 0. The van der Waals surface area contributed by atoms with Gasteiger partial charge in [0.25, 0.3) is 0 Å². The van der Waals surface area contributed by atoms with Crippen molar-refractivity contribution in [3.63, 3.8) is 0 Å². The Morgan fingerprint density at radius 3 is 2.36 bits per heavy atom. The molecule has 0 radical (unpaired) electrons. The largest absolute Gasteiger partial charge is 0.306 e. The number of hydrogen-bond acceptors (Lipinski definition) is 1. The van der Waals surface area contributed by atoms with Crippen molar-refractivity contribution in [1.82, 2.24) is 4.90 Å². The third-order valence-electron chi connectivity index (χ3n) is 2.21. The van der Waals surface area contributed by atoms with Crippen molar-refractivity contribution >= 4 is 0 Å². The Kier molecular flexibility index (Phi) is 6.63. The minimum absolute atomic E-state index is 0.875. The van der Waals surface area contributed by atoms with Crippen molar-refractivity contribution in [2.75, 3.05) is 20.1 Å². The van der Waals surface area contributed by atoms with Crippen LogP contribution < -0.4 is 0 Å². The van der Waals surface area contributed by atoms with E-state index in [1.54, 1.807) is 0 Å². The van der Waals surface area contributed by atoms with Crippen molar-refractivity contribution in [3.8, 4) is 0 Å². The first kappa shape index (κ1) is 11.0. The van der Waals surface area contributed by atoms with Crippen LogP contribution >= 0.6 is 0 Å². The fraction of sp³-hybridized carbons (Fsp3) is 1.00. The maximum Gasteiger partial charge on any atom is 0.000385 e. The molecule has 0 aliphatic rings. The van der Waals surface area contributed by atoms with Crippen LogP contribution in [-0.4, -0.2) is 25.0 Å². The summed E-state index contributed by atoms with van der Waals surface area (Å²) in [6.45, 7) is 9.26. The molecule has 0 bridgehead atoms. The Balaban J connectivity index is 3.27. The lowest BCUT2D eigenvalue weighted by molar-refractivity contribution is 0.287. The van der Waals surface area contributed by atoms with Crippen LogP contribution in [0.1, 0.15) is 40.0 Å². The second-order valence-electron chi connectivity index (χ2n) is 3.60. The summed E-state index contributed by atoms with van der Waals surface area (Å²) in [5, 5.41) is 0. The van der Waals surface area contributed by atoms with Gasteiger partial charge in [-0.1, -0.05) is 33.6 Å². The van der Waals surface area contributed by atoms with Crippen LogP contribution in [0.4, 0.5) is 0 Å². The topological polar surface area (TPSA) is 3.24 Å². The summed E-state index contributed by atoms with van der Waals surface area (Å²) in [4.78, 5) is 2.39. The summed E-state index contributed by atoms with van der Waals surface area (Å²) in [5.41, 5.74) is 0. The fourth-order valence-corrected chi connectivity index (χ4v) is 1.31. The molecule has 0 rings (SSSR count). The van der Waals surface area contributed by atoms with Crippen LogP contribution in [0, 0.1) is 5.92 Å². The zero-order valence-corrected chi connectivity index (χ0v) is 8.56. The maximum atomic E-state index is 2.39. The van der Waals surface area contributed by atoms with E-state index in [9.17, 15) is 0 Å². The molecular weight excluding hydrogens is 134 g/mol. The highest BCUT2D eigenvalue weighted by Crippen LogP contribution is 2.08. The van der Waals surface area contributed by atoms with Crippen molar-refractivity contribution < 1.29 is 0 Å². The van der Waals surface area contributed by atoms with Crippen LogP contribution in [0.2, 0.25) is 0 Å². The lowest BCUT2D eigenvalue weighted by Gasteiger charge is -2.19. The molecule has 0 fully saturated rings.